The summed E-state index contributed by atoms with van der Waals surface area (Å²) in [5, 5.41) is 45.1. The first-order valence-corrected chi connectivity index (χ1v) is 16.6. The van der Waals surface area contributed by atoms with E-state index >= 15 is 0 Å². The third-order valence-electron chi connectivity index (χ3n) is 10.0. The minimum Gasteiger partial charge on any atom is -0.507 e. The van der Waals surface area contributed by atoms with Crippen LogP contribution in [0, 0.1) is 36.0 Å². The summed E-state index contributed by atoms with van der Waals surface area (Å²) >= 11 is 0. The lowest BCUT2D eigenvalue weighted by atomic mass is 9.78. The molecule has 9 unspecified atom stereocenters. The number of hydrogen-bond donors (Lipinski definition) is 6. The predicted molar refractivity (Wildman–Crippen MR) is 185 cm³/mol. The zero-order valence-corrected chi connectivity index (χ0v) is 30.2. The van der Waals surface area contributed by atoms with Gasteiger partial charge in [0, 0.05) is 61.3 Å². The van der Waals surface area contributed by atoms with Gasteiger partial charge in [-0.05, 0) is 19.9 Å². The number of aliphatic hydroxyl groups is 2. The quantitative estimate of drug-likeness (QED) is 0.244. The van der Waals surface area contributed by atoms with Crippen molar-refractivity contribution >= 4 is 29.2 Å². The number of carbonyl (C=O) groups excluding carboxylic acids is 4. The van der Waals surface area contributed by atoms with Gasteiger partial charge in [0.1, 0.15) is 23.3 Å². The molecule has 51 heavy (non-hydrogen) atoms. The number of amides is 1. The van der Waals surface area contributed by atoms with Crippen molar-refractivity contribution in [3.63, 3.8) is 0 Å². The van der Waals surface area contributed by atoms with Gasteiger partial charge >= 0.3 is 11.8 Å². The number of aliphatic hydroxyl groups excluding tert-OH is 2. The third-order valence-corrected chi connectivity index (χ3v) is 10.0. The van der Waals surface area contributed by atoms with Crippen molar-refractivity contribution in [3.05, 3.63) is 69.8 Å². The molecule has 3 heterocycles. The highest BCUT2D eigenvalue weighted by Gasteiger charge is 2.52. The molecule has 7 N–H and O–H groups in total. The molecule has 5 bridgehead atoms. The average Bonchev–Trinajstić information content (AvgIpc) is 3.35. The lowest BCUT2D eigenvalue weighted by Gasteiger charge is -2.38. The Bertz CT molecular complexity index is 1780. The summed E-state index contributed by atoms with van der Waals surface area (Å²) in [5.74, 6) is -8.13. The Hall–Kier alpha value is -4.79. The van der Waals surface area contributed by atoms with Crippen LogP contribution in [0.4, 0.5) is 0 Å². The van der Waals surface area contributed by atoms with Crippen LogP contribution in [0.25, 0.3) is 0 Å². The first kappa shape index (κ1) is 39.0. The Labute approximate surface area is 296 Å². The summed E-state index contributed by atoms with van der Waals surface area (Å²) < 4.78 is 23.2. The maximum atomic E-state index is 14.0. The van der Waals surface area contributed by atoms with Crippen molar-refractivity contribution < 1.29 is 53.4 Å². The number of phenols is 1. The highest BCUT2D eigenvalue weighted by molar-refractivity contribution is 6.33. The van der Waals surface area contributed by atoms with Gasteiger partial charge in [-0.1, -0.05) is 45.9 Å². The molecule has 0 radical (unpaired) electrons. The van der Waals surface area contributed by atoms with E-state index in [0.29, 0.717) is 0 Å². The molecule has 9 atom stereocenters. The van der Waals surface area contributed by atoms with Gasteiger partial charge in [-0.2, -0.15) is 0 Å². The highest BCUT2D eigenvalue weighted by atomic mass is 16.7. The fourth-order valence-electron chi connectivity index (χ4n) is 6.75. The predicted octanol–water partition coefficient (Wildman–Crippen LogP) is 3.10. The smallest absolute Gasteiger partial charge is 0.312 e. The number of allylic oxidation sites excluding steroid dienone is 4. The van der Waals surface area contributed by atoms with Crippen LogP contribution in [0.2, 0.25) is 0 Å². The number of rotatable bonds is 2. The number of hydrogen-bond acceptors (Lipinski definition) is 13. The Morgan fingerprint density at radius 3 is 2.25 bits per heavy atom. The molecule has 0 saturated carbocycles. The zero-order chi connectivity index (χ0) is 38.3. The van der Waals surface area contributed by atoms with E-state index in [-0.39, 0.29) is 28.0 Å². The number of phenolic OH excluding ortho intramolecular Hbond substituents is 1. The maximum Gasteiger partial charge on any atom is 0.312 e. The molecule has 1 amide bonds. The molecule has 0 fully saturated rings. The molecule has 14 nitrogen and oxygen atoms in total. The zero-order valence-electron chi connectivity index (χ0n) is 30.2. The normalized spacial score (nSPS) is 34.2. The number of fused-ring (bicyclic) bond motifs is 14. The number of Topliss-reactive ketones (excluding diaryl/α,β-unsaturated/α-hetero) is 2. The number of nitrogens with one attached hydrogen (secondary N) is 2. The molecule has 0 saturated heterocycles. The van der Waals surface area contributed by atoms with Gasteiger partial charge in [-0.15, -0.1) is 0 Å². The van der Waals surface area contributed by atoms with E-state index < -0.39 is 106 Å². The van der Waals surface area contributed by atoms with Crippen LogP contribution in [-0.2, 0) is 23.8 Å². The number of esters is 1. The lowest BCUT2D eigenvalue weighted by molar-refractivity contribution is -0.160. The SMILES string of the molecule is COC1/C=C\OC2(C)Oc3c(C)c(O)c4c(c3C2=O)C(=N)C(N)=C(NC(=O)/C(C)=C\C=C/C(C)C(O)C(C)C(O)C(C)C(OC(C)=O)C1C)C4=O. The van der Waals surface area contributed by atoms with Crippen LogP contribution < -0.4 is 15.8 Å². The second-order valence-corrected chi connectivity index (χ2v) is 13.6. The summed E-state index contributed by atoms with van der Waals surface area (Å²) in [7, 11) is 1.42. The van der Waals surface area contributed by atoms with Crippen molar-refractivity contribution in [2.24, 2.45) is 29.4 Å². The molecule has 0 spiro atoms. The summed E-state index contributed by atoms with van der Waals surface area (Å²) in [4.78, 5) is 53.2. The Kier molecular flexibility index (Phi) is 11.3. The fourth-order valence-corrected chi connectivity index (χ4v) is 6.75. The van der Waals surface area contributed by atoms with Crippen LogP contribution in [0.1, 0.15) is 80.3 Å². The monoisotopic (exact) mass is 709 g/mol. The summed E-state index contributed by atoms with van der Waals surface area (Å²) in [6, 6.07) is 0. The summed E-state index contributed by atoms with van der Waals surface area (Å²) in [6.45, 7) is 12.3. The van der Waals surface area contributed by atoms with Crippen molar-refractivity contribution in [1.82, 2.24) is 5.32 Å². The van der Waals surface area contributed by atoms with Crippen LogP contribution in [-0.4, -0.2) is 81.8 Å². The van der Waals surface area contributed by atoms with Gasteiger partial charge in [0.15, 0.2) is 0 Å². The van der Waals surface area contributed by atoms with E-state index in [1.165, 1.54) is 53.2 Å². The van der Waals surface area contributed by atoms with E-state index in [2.05, 4.69) is 5.32 Å². The largest absolute Gasteiger partial charge is 0.507 e. The summed E-state index contributed by atoms with van der Waals surface area (Å²) in [5.41, 5.74) is 4.18. The van der Waals surface area contributed by atoms with Crippen LogP contribution in [0.5, 0.6) is 11.5 Å². The van der Waals surface area contributed by atoms with Crippen LogP contribution in [0.3, 0.4) is 0 Å². The molecule has 1 aromatic carbocycles. The van der Waals surface area contributed by atoms with Gasteiger partial charge in [-0.25, -0.2) is 0 Å². The maximum absolute atomic E-state index is 14.0. The van der Waals surface area contributed by atoms with Crippen molar-refractivity contribution in [1.29, 1.82) is 5.41 Å². The van der Waals surface area contributed by atoms with Gasteiger partial charge in [-0.3, -0.25) is 24.6 Å². The number of nitrogens with two attached hydrogens (primary N) is 1. The van der Waals surface area contributed by atoms with Crippen LogP contribution in [0.15, 0.2) is 47.5 Å². The van der Waals surface area contributed by atoms with Crippen molar-refractivity contribution in [3.8, 4) is 11.5 Å². The first-order valence-electron chi connectivity index (χ1n) is 16.6. The van der Waals surface area contributed by atoms with Crippen molar-refractivity contribution in [2.45, 2.75) is 85.6 Å². The molecular formula is C37H47N3O11. The fraction of sp³-hybridized carbons (Fsp3) is 0.486. The van der Waals surface area contributed by atoms with Gasteiger partial charge in [0.25, 0.3) is 11.7 Å². The number of ketones is 2. The summed E-state index contributed by atoms with van der Waals surface area (Å²) in [6.07, 6.45) is 3.44. The van der Waals surface area contributed by atoms with Gasteiger partial charge < -0.3 is 45.3 Å². The Morgan fingerprint density at radius 2 is 1.65 bits per heavy atom. The minimum atomic E-state index is -2.02. The molecule has 5 rings (SSSR count). The number of carbonyl (C=O) groups is 4. The van der Waals surface area contributed by atoms with E-state index in [9.17, 15) is 34.5 Å². The Morgan fingerprint density at radius 1 is 1.00 bits per heavy atom. The van der Waals surface area contributed by atoms with Crippen LogP contribution >= 0.6 is 0 Å². The number of ether oxygens (including phenoxy) is 4. The second-order valence-electron chi connectivity index (χ2n) is 13.6. The van der Waals surface area contributed by atoms with Gasteiger partial charge in [0.2, 0.25) is 5.78 Å². The molecule has 1 aromatic rings. The number of aromatic hydroxyl groups is 1. The second kappa shape index (κ2) is 14.8. The Balaban J connectivity index is 1.86. The average molecular weight is 710 g/mol. The topological polar surface area (TPSA) is 228 Å². The van der Waals surface area contributed by atoms with Crippen molar-refractivity contribution in [2.75, 3.05) is 7.11 Å². The molecule has 0 aromatic heterocycles. The molecule has 14 heteroatoms. The molecule has 1 aliphatic carbocycles. The van der Waals surface area contributed by atoms with Gasteiger partial charge in [0.05, 0.1) is 47.1 Å². The standard InChI is InChI=1S/C37H47N3O11/c1-15-11-10-12-16(2)36(47)40-28-27(39)26(38)23-24(32(28)45)31(44)20(6)34-25(23)35(46)37(8,51-34)49-14-13-22(48-9)17(3)33(50-21(7)41)19(5)30(43)18(4)29(15)42/h10-15,17-19,22,29-30,33,38,42-44H,39H2,1-9H3,(H,40,47)/b11-10-,14-13-,16-12-,38-26?. The lowest BCUT2D eigenvalue weighted by Crippen LogP contribution is -2.46. The molecule has 3 aliphatic heterocycles. The number of methoxy groups -OCH3 is 1. The molecule has 4 aliphatic rings. The van der Waals surface area contributed by atoms with E-state index in [1.54, 1.807) is 39.8 Å². The molecule has 276 valence electrons. The molecular weight excluding hydrogens is 662 g/mol. The number of benzene rings is 1. The minimum absolute atomic E-state index is 0.0260. The highest BCUT2D eigenvalue weighted by Crippen LogP contribution is 2.48. The first-order chi connectivity index (χ1) is 23.8. The van der Waals surface area contributed by atoms with E-state index in [0.717, 1.165) is 0 Å². The van der Waals surface area contributed by atoms with E-state index in [4.69, 9.17) is 30.1 Å². The van der Waals surface area contributed by atoms with E-state index in [1.807, 2.05) is 0 Å². The third kappa shape index (κ3) is 7.08.